The second-order valence-electron chi connectivity index (χ2n) is 5.79. The molecular formula is C16H21NO3. The Labute approximate surface area is 119 Å². The summed E-state index contributed by atoms with van der Waals surface area (Å²) in [5.41, 5.74) is 1.12. The average molecular weight is 275 g/mol. The number of aliphatic hydroxyl groups excluding tert-OH is 1. The maximum atomic E-state index is 12.6. The number of benzene rings is 1. The van der Waals surface area contributed by atoms with Crippen molar-refractivity contribution in [2.45, 2.75) is 19.3 Å². The molecule has 0 saturated carbocycles. The smallest absolute Gasteiger partial charge is 0.229 e. The number of piperidine rings is 1. The Morgan fingerprint density at radius 2 is 2.25 bits per heavy atom. The van der Waals surface area contributed by atoms with E-state index in [0.717, 1.165) is 37.1 Å². The van der Waals surface area contributed by atoms with Gasteiger partial charge in [0.1, 0.15) is 12.4 Å². The van der Waals surface area contributed by atoms with Crippen molar-refractivity contribution >= 4 is 5.91 Å². The van der Waals surface area contributed by atoms with E-state index >= 15 is 0 Å². The average Bonchev–Trinajstić information content (AvgIpc) is 2.53. The lowest BCUT2D eigenvalue weighted by Crippen LogP contribution is -2.46. The summed E-state index contributed by atoms with van der Waals surface area (Å²) in [6.45, 7) is 2.14. The standard InChI is InChI=1S/C16H21NO3/c18-10-12-4-3-7-17(9-12)16(19)14-8-13-5-1-2-6-15(13)20-11-14/h1-2,5-6,12,14,18H,3-4,7-11H2. The van der Waals surface area contributed by atoms with Crippen molar-refractivity contribution in [1.29, 1.82) is 0 Å². The zero-order chi connectivity index (χ0) is 13.9. The molecule has 2 unspecified atom stereocenters. The van der Waals surface area contributed by atoms with Gasteiger partial charge in [-0.25, -0.2) is 0 Å². The van der Waals surface area contributed by atoms with Gasteiger partial charge in [0.15, 0.2) is 0 Å². The molecule has 2 aliphatic heterocycles. The fraction of sp³-hybridized carbons (Fsp3) is 0.562. The van der Waals surface area contributed by atoms with E-state index in [2.05, 4.69) is 0 Å². The normalized spacial score (nSPS) is 25.8. The Balaban J connectivity index is 1.67. The van der Waals surface area contributed by atoms with E-state index in [9.17, 15) is 9.90 Å². The quantitative estimate of drug-likeness (QED) is 0.889. The van der Waals surface area contributed by atoms with Crippen molar-refractivity contribution in [3.8, 4) is 5.75 Å². The van der Waals surface area contributed by atoms with Gasteiger partial charge in [-0.2, -0.15) is 0 Å². The summed E-state index contributed by atoms with van der Waals surface area (Å²) in [6.07, 6.45) is 2.76. The molecule has 2 atom stereocenters. The van der Waals surface area contributed by atoms with Crippen LogP contribution in [-0.4, -0.2) is 42.2 Å². The number of amides is 1. The molecule has 1 saturated heterocycles. The number of carbonyl (C=O) groups excluding carboxylic acids is 1. The van der Waals surface area contributed by atoms with Gasteiger partial charge in [-0.05, 0) is 36.8 Å². The first-order chi connectivity index (χ1) is 9.78. The van der Waals surface area contributed by atoms with Crippen LogP contribution >= 0.6 is 0 Å². The monoisotopic (exact) mass is 275 g/mol. The van der Waals surface area contributed by atoms with Crippen molar-refractivity contribution in [1.82, 2.24) is 4.90 Å². The van der Waals surface area contributed by atoms with E-state index < -0.39 is 0 Å². The summed E-state index contributed by atoms with van der Waals surface area (Å²) in [7, 11) is 0. The minimum atomic E-state index is -0.0812. The van der Waals surface area contributed by atoms with E-state index in [0.29, 0.717) is 13.2 Å². The molecule has 0 spiro atoms. The Bertz CT molecular complexity index is 488. The van der Waals surface area contributed by atoms with Crippen molar-refractivity contribution in [3.05, 3.63) is 29.8 Å². The van der Waals surface area contributed by atoms with Gasteiger partial charge in [0, 0.05) is 19.7 Å². The van der Waals surface area contributed by atoms with E-state index in [-0.39, 0.29) is 24.3 Å². The molecule has 20 heavy (non-hydrogen) atoms. The van der Waals surface area contributed by atoms with Crippen LogP contribution in [0.2, 0.25) is 0 Å². The van der Waals surface area contributed by atoms with Crippen LogP contribution in [0.1, 0.15) is 18.4 Å². The van der Waals surface area contributed by atoms with Crippen LogP contribution in [0, 0.1) is 11.8 Å². The third-order valence-electron chi connectivity index (χ3n) is 4.32. The highest BCUT2D eigenvalue weighted by Gasteiger charge is 2.31. The predicted molar refractivity (Wildman–Crippen MR) is 75.5 cm³/mol. The van der Waals surface area contributed by atoms with Crippen LogP contribution in [0.25, 0.3) is 0 Å². The summed E-state index contributed by atoms with van der Waals surface area (Å²) in [5, 5.41) is 9.27. The molecular weight excluding hydrogens is 254 g/mol. The van der Waals surface area contributed by atoms with Crippen LogP contribution in [0.5, 0.6) is 5.75 Å². The van der Waals surface area contributed by atoms with Crippen LogP contribution in [0.4, 0.5) is 0 Å². The number of rotatable bonds is 2. The molecule has 1 fully saturated rings. The first kappa shape index (κ1) is 13.4. The van der Waals surface area contributed by atoms with Crippen LogP contribution < -0.4 is 4.74 Å². The largest absolute Gasteiger partial charge is 0.492 e. The van der Waals surface area contributed by atoms with E-state index in [4.69, 9.17) is 4.74 Å². The highest BCUT2D eigenvalue weighted by molar-refractivity contribution is 5.80. The first-order valence-electron chi connectivity index (χ1n) is 7.38. The van der Waals surface area contributed by atoms with Gasteiger partial charge in [-0.3, -0.25) is 4.79 Å². The lowest BCUT2D eigenvalue weighted by atomic mass is 9.93. The first-order valence-corrected chi connectivity index (χ1v) is 7.38. The summed E-state index contributed by atoms with van der Waals surface area (Å²) in [5.74, 6) is 1.24. The van der Waals surface area contributed by atoms with Gasteiger partial charge in [0.05, 0.1) is 5.92 Å². The topological polar surface area (TPSA) is 49.8 Å². The highest BCUT2D eigenvalue weighted by Crippen LogP contribution is 2.28. The van der Waals surface area contributed by atoms with Crippen LogP contribution in [0.15, 0.2) is 24.3 Å². The second kappa shape index (κ2) is 5.83. The lowest BCUT2D eigenvalue weighted by molar-refractivity contribution is -0.139. The second-order valence-corrected chi connectivity index (χ2v) is 5.79. The number of ether oxygens (including phenoxy) is 1. The zero-order valence-electron chi connectivity index (χ0n) is 11.6. The summed E-state index contributed by atoms with van der Waals surface area (Å²) in [6, 6.07) is 7.93. The van der Waals surface area contributed by atoms with Gasteiger partial charge in [0.25, 0.3) is 0 Å². The number of nitrogens with zero attached hydrogens (tertiary/aromatic N) is 1. The van der Waals surface area contributed by atoms with E-state index in [1.54, 1.807) is 0 Å². The molecule has 0 aromatic heterocycles. The van der Waals surface area contributed by atoms with Crippen molar-refractivity contribution in [3.63, 3.8) is 0 Å². The van der Waals surface area contributed by atoms with E-state index in [1.807, 2.05) is 29.2 Å². The van der Waals surface area contributed by atoms with Gasteiger partial charge < -0.3 is 14.7 Å². The molecule has 1 N–H and O–H groups in total. The highest BCUT2D eigenvalue weighted by atomic mass is 16.5. The van der Waals surface area contributed by atoms with Gasteiger partial charge in [-0.1, -0.05) is 18.2 Å². The molecule has 3 rings (SSSR count). The third kappa shape index (κ3) is 2.66. The molecule has 1 aromatic rings. The molecule has 108 valence electrons. The maximum Gasteiger partial charge on any atom is 0.229 e. The fourth-order valence-electron chi connectivity index (χ4n) is 3.16. The third-order valence-corrected chi connectivity index (χ3v) is 4.32. The minimum Gasteiger partial charge on any atom is -0.492 e. The molecule has 0 bridgehead atoms. The summed E-state index contributed by atoms with van der Waals surface area (Å²) in [4.78, 5) is 14.5. The molecule has 1 amide bonds. The molecule has 4 heteroatoms. The lowest BCUT2D eigenvalue weighted by Gasteiger charge is -2.35. The Kier molecular flexibility index (Phi) is 3.92. The molecule has 4 nitrogen and oxygen atoms in total. The maximum absolute atomic E-state index is 12.6. The predicted octanol–water partition coefficient (Wildman–Crippen LogP) is 1.47. The molecule has 2 aliphatic rings. The van der Waals surface area contributed by atoms with Crippen LogP contribution in [0.3, 0.4) is 0 Å². The Hall–Kier alpha value is -1.55. The van der Waals surface area contributed by atoms with Crippen molar-refractivity contribution in [2.75, 3.05) is 26.3 Å². The molecule has 0 radical (unpaired) electrons. The fourth-order valence-corrected chi connectivity index (χ4v) is 3.16. The van der Waals surface area contributed by atoms with Crippen molar-refractivity contribution in [2.24, 2.45) is 11.8 Å². The van der Waals surface area contributed by atoms with Gasteiger partial charge in [0.2, 0.25) is 5.91 Å². The SMILES string of the molecule is O=C(C1COc2ccccc2C1)N1CCCC(CO)C1. The molecule has 2 heterocycles. The number of para-hydroxylation sites is 1. The van der Waals surface area contributed by atoms with Crippen LogP contribution in [-0.2, 0) is 11.2 Å². The number of likely N-dealkylation sites (tertiary alicyclic amines) is 1. The molecule has 1 aromatic carbocycles. The number of hydrogen-bond donors (Lipinski definition) is 1. The number of carbonyl (C=O) groups is 1. The summed E-state index contributed by atoms with van der Waals surface area (Å²) >= 11 is 0. The summed E-state index contributed by atoms with van der Waals surface area (Å²) < 4.78 is 5.70. The van der Waals surface area contributed by atoms with Gasteiger partial charge >= 0.3 is 0 Å². The van der Waals surface area contributed by atoms with E-state index in [1.165, 1.54) is 0 Å². The van der Waals surface area contributed by atoms with Gasteiger partial charge in [-0.15, -0.1) is 0 Å². The minimum absolute atomic E-state index is 0.0812. The Morgan fingerprint density at radius 3 is 3.10 bits per heavy atom. The number of aliphatic hydroxyl groups is 1. The number of hydrogen-bond acceptors (Lipinski definition) is 3. The zero-order valence-corrected chi connectivity index (χ0v) is 11.6. The Morgan fingerprint density at radius 1 is 1.40 bits per heavy atom. The van der Waals surface area contributed by atoms with Crippen molar-refractivity contribution < 1.29 is 14.6 Å². The molecule has 0 aliphatic carbocycles. The number of fused-ring (bicyclic) bond motifs is 1.